The van der Waals surface area contributed by atoms with Crippen molar-refractivity contribution < 1.29 is 13.2 Å². The fraction of sp³-hybridized carbons (Fsp3) is 0.222. The highest BCUT2D eigenvalue weighted by Crippen LogP contribution is 2.26. The van der Waals surface area contributed by atoms with E-state index in [0.29, 0.717) is 11.1 Å². The van der Waals surface area contributed by atoms with Crippen LogP contribution < -0.4 is 0 Å². The fourth-order valence-electron chi connectivity index (χ4n) is 1.15. The van der Waals surface area contributed by atoms with Gasteiger partial charge in [0.25, 0.3) is 5.89 Å². The molecule has 0 unspecified atom stereocenters. The SMILES string of the molecule is CSc1ccc2oc(C(F)F)nc2c1. The Hall–Kier alpha value is -1.10. The number of hydrogen-bond acceptors (Lipinski definition) is 3. The van der Waals surface area contributed by atoms with Gasteiger partial charge in [-0.2, -0.15) is 8.78 Å². The van der Waals surface area contributed by atoms with E-state index in [4.69, 9.17) is 4.42 Å². The summed E-state index contributed by atoms with van der Waals surface area (Å²) in [5, 5.41) is 0. The molecule has 74 valence electrons. The van der Waals surface area contributed by atoms with Gasteiger partial charge in [0.1, 0.15) is 5.52 Å². The van der Waals surface area contributed by atoms with Crippen LogP contribution in [0.1, 0.15) is 12.3 Å². The van der Waals surface area contributed by atoms with E-state index in [1.54, 1.807) is 12.1 Å². The Morgan fingerprint density at radius 2 is 2.21 bits per heavy atom. The van der Waals surface area contributed by atoms with Crippen LogP contribution in [-0.4, -0.2) is 11.2 Å². The molecule has 2 nitrogen and oxygen atoms in total. The Morgan fingerprint density at radius 3 is 2.86 bits per heavy atom. The second-order valence-electron chi connectivity index (χ2n) is 2.69. The van der Waals surface area contributed by atoms with Gasteiger partial charge in [-0.15, -0.1) is 11.8 Å². The summed E-state index contributed by atoms with van der Waals surface area (Å²) in [4.78, 5) is 4.67. The molecule has 5 heteroatoms. The Labute approximate surface area is 83.3 Å². The van der Waals surface area contributed by atoms with E-state index in [0.717, 1.165) is 4.90 Å². The molecule has 0 atom stereocenters. The number of thioether (sulfide) groups is 1. The summed E-state index contributed by atoms with van der Waals surface area (Å²) in [6.07, 6.45) is -0.741. The first-order chi connectivity index (χ1) is 6.70. The molecule has 0 aliphatic heterocycles. The molecule has 0 amide bonds. The van der Waals surface area contributed by atoms with Crippen LogP contribution in [0.5, 0.6) is 0 Å². The van der Waals surface area contributed by atoms with Gasteiger partial charge in [0.15, 0.2) is 5.58 Å². The maximum absolute atomic E-state index is 12.2. The molecule has 14 heavy (non-hydrogen) atoms. The lowest BCUT2D eigenvalue weighted by molar-refractivity contribution is 0.117. The maximum Gasteiger partial charge on any atom is 0.313 e. The van der Waals surface area contributed by atoms with Crippen molar-refractivity contribution in [2.24, 2.45) is 0 Å². The Bertz CT molecular complexity index is 455. The van der Waals surface area contributed by atoms with Crippen molar-refractivity contribution in [3.8, 4) is 0 Å². The quantitative estimate of drug-likeness (QED) is 0.717. The minimum atomic E-state index is -2.65. The Morgan fingerprint density at radius 1 is 1.43 bits per heavy atom. The lowest BCUT2D eigenvalue weighted by atomic mass is 10.3. The first-order valence-corrected chi connectivity index (χ1v) is 5.16. The van der Waals surface area contributed by atoms with Crippen molar-refractivity contribution in [3.63, 3.8) is 0 Å². The van der Waals surface area contributed by atoms with Gasteiger partial charge in [0.2, 0.25) is 0 Å². The van der Waals surface area contributed by atoms with Crippen molar-refractivity contribution in [2.75, 3.05) is 6.26 Å². The maximum atomic E-state index is 12.2. The van der Waals surface area contributed by atoms with Crippen LogP contribution in [0.25, 0.3) is 11.1 Å². The zero-order valence-electron chi connectivity index (χ0n) is 7.33. The van der Waals surface area contributed by atoms with Crippen LogP contribution >= 0.6 is 11.8 Å². The molecule has 0 aliphatic rings. The third kappa shape index (κ3) is 1.59. The number of halogens is 2. The number of nitrogens with zero attached hydrogens (tertiary/aromatic N) is 1. The standard InChI is InChI=1S/C9H7F2NOS/c1-14-5-2-3-7-6(4-5)12-9(13-7)8(10)11/h2-4,8H,1H3. The van der Waals surface area contributed by atoms with Gasteiger partial charge in [-0.05, 0) is 24.5 Å². The van der Waals surface area contributed by atoms with E-state index >= 15 is 0 Å². The molecule has 0 aliphatic carbocycles. The van der Waals surface area contributed by atoms with Crippen LogP contribution in [0.15, 0.2) is 27.5 Å². The summed E-state index contributed by atoms with van der Waals surface area (Å²) in [5.74, 6) is -0.516. The smallest absolute Gasteiger partial charge is 0.313 e. The topological polar surface area (TPSA) is 26.0 Å². The molecule has 1 heterocycles. The summed E-state index contributed by atoms with van der Waals surface area (Å²) in [5.41, 5.74) is 0.880. The molecule has 0 N–H and O–H groups in total. The molecule has 0 fully saturated rings. The third-order valence-corrected chi connectivity index (χ3v) is 2.52. The lowest BCUT2D eigenvalue weighted by Gasteiger charge is -1.92. The summed E-state index contributed by atoms with van der Waals surface area (Å²) in [6, 6.07) is 5.20. The molecule has 0 spiro atoms. The monoisotopic (exact) mass is 215 g/mol. The highest BCUT2D eigenvalue weighted by molar-refractivity contribution is 7.98. The van der Waals surface area contributed by atoms with Gasteiger partial charge in [0.05, 0.1) is 0 Å². The van der Waals surface area contributed by atoms with Crippen molar-refractivity contribution >= 4 is 22.9 Å². The largest absolute Gasteiger partial charge is 0.435 e. The molecule has 2 rings (SSSR count). The predicted octanol–water partition coefficient (Wildman–Crippen LogP) is 3.49. The number of fused-ring (bicyclic) bond motifs is 1. The Balaban J connectivity index is 2.54. The van der Waals surface area contributed by atoms with Crippen LogP contribution in [-0.2, 0) is 0 Å². The van der Waals surface area contributed by atoms with E-state index in [-0.39, 0.29) is 0 Å². The number of aromatic nitrogens is 1. The van der Waals surface area contributed by atoms with E-state index in [9.17, 15) is 8.78 Å². The molecule has 0 saturated heterocycles. The molecular weight excluding hydrogens is 208 g/mol. The van der Waals surface area contributed by atoms with Crippen LogP contribution in [0, 0.1) is 0 Å². The first kappa shape index (κ1) is 9.45. The average molecular weight is 215 g/mol. The molecule has 0 saturated carbocycles. The molecule has 1 aromatic carbocycles. The highest BCUT2D eigenvalue weighted by Gasteiger charge is 2.15. The summed E-state index contributed by atoms with van der Waals surface area (Å²) < 4.78 is 29.3. The van der Waals surface area contributed by atoms with Crippen LogP contribution in [0.3, 0.4) is 0 Å². The van der Waals surface area contributed by atoms with E-state index in [1.807, 2.05) is 12.3 Å². The van der Waals surface area contributed by atoms with Crippen LogP contribution in [0.2, 0.25) is 0 Å². The second kappa shape index (κ2) is 3.57. The molecule has 0 bridgehead atoms. The van der Waals surface area contributed by atoms with Crippen LogP contribution in [0.4, 0.5) is 8.78 Å². The average Bonchev–Trinajstić information content (AvgIpc) is 2.59. The normalized spacial score (nSPS) is 11.4. The molecule has 2 aromatic rings. The summed E-state index contributed by atoms with van der Waals surface area (Å²) in [6.45, 7) is 0. The van der Waals surface area contributed by atoms with Gasteiger partial charge < -0.3 is 4.42 Å². The minimum Gasteiger partial charge on any atom is -0.435 e. The van der Waals surface area contributed by atoms with Gasteiger partial charge in [0, 0.05) is 4.90 Å². The molecule has 0 radical (unpaired) electrons. The van der Waals surface area contributed by atoms with Crippen molar-refractivity contribution in [3.05, 3.63) is 24.1 Å². The highest BCUT2D eigenvalue weighted by atomic mass is 32.2. The van der Waals surface area contributed by atoms with Gasteiger partial charge >= 0.3 is 6.43 Å². The van der Waals surface area contributed by atoms with E-state index in [1.165, 1.54) is 11.8 Å². The second-order valence-corrected chi connectivity index (χ2v) is 3.57. The number of oxazole rings is 1. The number of hydrogen-bond donors (Lipinski definition) is 0. The number of alkyl halides is 2. The third-order valence-electron chi connectivity index (χ3n) is 1.80. The lowest BCUT2D eigenvalue weighted by Crippen LogP contribution is -1.80. The van der Waals surface area contributed by atoms with Gasteiger partial charge in [-0.25, -0.2) is 4.98 Å². The van der Waals surface area contributed by atoms with Gasteiger partial charge in [-0.3, -0.25) is 0 Å². The summed E-state index contributed by atoms with van der Waals surface area (Å²) in [7, 11) is 0. The zero-order chi connectivity index (χ0) is 10.1. The van der Waals surface area contributed by atoms with Crippen molar-refractivity contribution in [1.82, 2.24) is 4.98 Å². The minimum absolute atomic E-state index is 0.401. The molecular formula is C9H7F2NOS. The predicted molar refractivity (Wildman–Crippen MR) is 50.7 cm³/mol. The zero-order valence-corrected chi connectivity index (χ0v) is 8.15. The van der Waals surface area contributed by atoms with Gasteiger partial charge in [-0.1, -0.05) is 0 Å². The van der Waals surface area contributed by atoms with E-state index in [2.05, 4.69) is 4.98 Å². The molecule has 1 aromatic heterocycles. The fourth-order valence-corrected chi connectivity index (χ4v) is 1.58. The number of rotatable bonds is 2. The van der Waals surface area contributed by atoms with Crippen molar-refractivity contribution in [2.45, 2.75) is 11.3 Å². The number of benzene rings is 1. The van der Waals surface area contributed by atoms with Crippen molar-refractivity contribution in [1.29, 1.82) is 0 Å². The Kier molecular flexibility index (Phi) is 2.41. The summed E-state index contributed by atoms with van der Waals surface area (Å²) >= 11 is 1.53. The van der Waals surface area contributed by atoms with E-state index < -0.39 is 12.3 Å². The first-order valence-electron chi connectivity index (χ1n) is 3.93.